The molecule has 2 aromatic heterocycles. The van der Waals surface area contributed by atoms with Crippen molar-refractivity contribution in [3.63, 3.8) is 0 Å². The lowest BCUT2D eigenvalue weighted by molar-refractivity contribution is -0.384. The smallest absolute Gasteiger partial charge is 0.301 e. The molecule has 30 heavy (non-hydrogen) atoms. The molecule has 1 fully saturated rings. The molecule has 0 radical (unpaired) electrons. The number of aromatic nitrogens is 3. The van der Waals surface area contributed by atoms with E-state index in [9.17, 15) is 24.8 Å². The minimum atomic E-state index is -1.02. The lowest BCUT2D eigenvalue weighted by Crippen LogP contribution is -2.29. The molecule has 3 aromatic rings. The fourth-order valence-corrected chi connectivity index (χ4v) is 3.89. The van der Waals surface area contributed by atoms with Crippen molar-refractivity contribution in [2.24, 2.45) is 0 Å². The van der Waals surface area contributed by atoms with E-state index in [0.29, 0.717) is 16.1 Å². The second-order valence-corrected chi connectivity index (χ2v) is 7.52. The highest BCUT2D eigenvalue weighted by Crippen LogP contribution is 2.43. The number of benzene rings is 1. The number of non-ortho nitro benzene ring substituents is 1. The zero-order valence-electron chi connectivity index (χ0n) is 15.4. The van der Waals surface area contributed by atoms with Crippen molar-refractivity contribution in [2.45, 2.75) is 13.0 Å². The molecule has 1 aromatic carbocycles. The first-order valence-electron chi connectivity index (χ1n) is 8.64. The van der Waals surface area contributed by atoms with Gasteiger partial charge in [-0.3, -0.25) is 29.6 Å². The summed E-state index contributed by atoms with van der Waals surface area (Å²) >= 11 is 1.12. The lowest BCUT2D eigenvalue weighted by atomic mass is 9.95. The number of aliphatic hydroxyl groups excluding tert-OH is 1. The van der Waals surface area contributed by atoms with Crippen LogP contribution in [-0.4, -0.2) is 36.9 Å². The minimum absolute atomic E-state index is 0.142. The van der Waals surface area contributed by atoms with Crippen LogP contribution < -0.4 is 4.90 Å². The van der Waals surface area contributed by atoms with Crippen LogP contribution in [-0.2, 0) is 9.59 Å². The van der Waals surface area contributed by atoms with E-state index in [4.69, 9.17) is 0 Å². The maximum atomic E-state index is 12.9. The van der Waals surface area contributed by atoms with E-state index < -0.39 is 22.7 Å². The Kier molecular flexibility index (Phi) is 4.80. The number of ketones is 1. The number of nitrogens with zero attached hydrogens (tertiary/aromatic N) is 5. The van der Waals surface area contributed by atoms with Crippen LogP contribution in [0.5, 0.6) is 0 Å². The number of aryl methyl sites for hydroxylation is 1. The maximum absolute atomic E-state index is 12.9. The third-order valence-corrected chi connectivity index (χ3v) is 5.38. The van der Waals surface area contributed by atoms with Crippen LogP contribution in [0.4, 0.5) is 10.8 Å². The summed E-state index contributed by atoms with van der Waals surface area (Å²) in [6.07, 6.45) is 2.89. The third-order valence-electron chi connectivity index (χ3n) is 4.54. The largest absolute Gasteiger partial charge is 0.507 e. The first kappa shape index (κ1) is 19.3. The number of carbonyl (C=O) groups is 2. The van der Waals surface area contributed by atoms with Gasteiger partial charge < -0.3 is 5.11 Å². The highest BCUT2D eigenvalue weighted by molar-refractivity contribution is 7.15. The van der Waals surface area contributed by atoms with Crippen molar-refractivity contribution < 1.29 is 19.6 Å². The molecule has 1 saturated heterocycles. The molecule has 1 aliphatic rings. The molecule has 0 aliphatic carbocycles. The molecule has 0 spiro atoms. The number of pyridine rings is 1. The van der Waals surface area contributed by atoms with E-state index in [1.54, 1.807) is 6.92 Å². The van der Waals surface area contributed by atoms with Gasteiger partial charge in [0.05, 0.1) is 16.5 Å². The van der Waals surface area contributed by atoms with E-state index in [2.05, 4.69) is 15.2 Å². The van der Waals surface area contributed by atoms with Crippen LogP contribution >= 0.6 is 11.3 Å². The van der Waals surface area contributed by atoms with E-state index in [1.807, 2.05) is 0 Å². The van der Waals surface area contributed by atoms with Crippen molar-refractivity contribution in [2.75, 3.05) is 4.90 Å². The summed E-state index contributed by atoms with van der Waals surface area (Å²) in [7, 11) is 0. The molecule has 1 aliphatic heterocycles. The summed E-state index contributed by atoms with van der Waals surface area (Å²) in [5.74, 6) is -2.13. The van der Waals surface area contributed by atoms with Gasteiger partial charge in [0, 0.05) is 30.1 Å². The summed E-state index contributed by atoms with van der Waals surface area (Å²) in [6.45, 7) is 1.70. The quantitative estimate of drug-likeness (QED) is 0.222. The number of hydrogen-bond donors (Lipinski definition) is 1. The Morgan fingerprint density at radius 1 is 1.13 bits per heavy atom. The van der Waals surface area contributed by atoms with Crippen LogP contribution in [0.25, 0.3) is 5.76 Å². The topological polar surface area (TPSA) is 139 Å². The number of nitro benzene ring substituents is 1. The van der Waals surface area contributed by atoms with Crippen molar-refractivity contribution >= 4 is 39.6 Å². The molecule has 11 heteroatoms. The molecule has 4 rings (SSSR count). The van der Waals surface area contributed by atoms with Gasteiger partial charge in [-0.1, -0.05) is 11.3 Å². The van der Waals surface area contributed by atoms with Gasteiger partial charge in [0.2, 0.25) is 5.13 Å². The van der Waals surface area contributed by atoms with Gasteiger partial charge in [-0.15, -0.1) is 10.2 Å². The lowest BCUT2D eigenvalue weighted by Gasteiger charge is -2.22. The molecule has 1 atom stereocenters. The first-order chi connectivity index (χ1) is 14.4. The standard InChI is InChI=1S/C19H13N5O5S/c1-10-21-22-19(30-10)23-15(11-2-4-13(5-3-11)24(28)29)14(17(26)18(23)27)16(25)12-6-8-20-9-7-12/h2-9,15,25H,1H3. The van der Waals surface area contributed by atoms with E-state index >= 15 is 0 Å². The zero-order chi connectivity index (χ0) is 21.4. The highest BCUT2D eigenvalue weighted by Gasteiger charge is 2.48. The molecular weight excluding hydrogens is 410 g/mol. The molecule has 0 bridgehead atoms. The van der Waals surface area contributed by atoms with Crippen molar-refractivity contribution in [3.05, 3.63) is 80.6 Å². The SMILES string of the molecule is Cc1nnc(N2C(=O)C(=O)C(=C(O)c3ccncc3)C2c2ccc([N+](=O)[O-])cc2)s1. The number of anilines is 1. The van der Waals surface area contributed by atoms with E-state index in [-0.39, 0.29) is 22.2 Å². The van der Waals surface area contributed by atoms with Crippen molar-refractivity contribution in [3.8, 4) is 0 Å². The number of rotatable bonds is 4. The molecule has 10 nitrogen and oxygen atoms in total. The number of nitro groups is 1. The third kappa shape index (κ3) is 3.20. The minimum Gasteiger partial charge on any atom is -0.507 e. The maximum Gasteiger partial charge on any atom is 0.301 e. The fraction of sp³-hybridized carbons (Fsp3) is 0.105. The molecule has 1 unspecified atom stereocenters. The molecule has 0 saturated carbocycles. The molecule has 1 amide bonds. The van der Waals surface area contributed by atoms with Crippen LogP contribution in [0, 0.1) is 17.0 Å². The summed E-state index contributed by atoms with van der Waals surface area (Å²) < 4.78 is 0. The van der Waals surface area contributed by atoms with Crippen LogP contribution in [0.3, 0.4) is 0 Å². The average molecular weight is 423 g/mol. The predicted molar refractivity (Wildman–Crippen MR) is 107 cm³/mol. The van der Waals surface area contributed by atoms with E-state index in [1.165, 1.54) is 48.8 Å². The Morgan fingerprint density at radius 3 is 2.37 bits per heavy atom. The summed E-state index contributed by atoms with van der Waals surface area (Å²) in [6, 6.07) is 7.41. The van der Waals surface area contributed by atoms with Gasteiger partial charge >= 0.3 is 5.91 Å². The fourth-order valence-electron chi connectivity index (χ4n) is 3.17. The number of carbonyl (C=O) groups excluding carboxylic acids is 2. The van der Waals surface area contributed by atoms with Gasteiger partial charge in [-0.25, -0.2) is 0 Å². The number of Topliss-reactive ketones (excluding diaryl/α,β-unsaturated/α-hetero) is 1. The Hall–Kier alpha value is -3.99. The Balaban J connectivity index is 1.93. The van der Waals surface area contributed by atoms with Crippen LogP contribution in [0.2, 0.25) is 0 Å². The number of hydrogen-bond acceptors (Lipinski definition) is 9. The summed E-state index contributed by atoms with van der Waals surface area (Å²) in [4.78, 5) is 41.2. The van der Waals surface area contributed by atoms with Gasteiger partial charge in [0.15, 0.2) is 0 Å². The molecule has 150 valence electrons. The monoisotopic (exact) mass is 423 g/mol. The molecule has 3 heterocycles. The number of aliphatic hydroxyl groups is 1. The molecular formula is C19H13N5O5S. The Morgan fingerprint density at radius 2 is 1.80 bits per heavy atom. The zero-order valence-corrected chi connectivity index (χ0v) is 16.2. The second kappa shape index (κ2) is 7.44. The summed E-state index contributed by atoms with van der Waals surface area (Å²) in [5.41, 5.74) is 0.427. The van der Waals surface area contributed by atoms with Crippen LogP contribution in [0.1, 0.15) is 22.2 Å². The van der Waals surface area contributed by atoms with E-state index in [0.717, 1.165) is 16.2 Å². The first-order valence-corrected chi connectivity index (χ1v) is 9.46. The van der Waals surface area contributed by atoms with Gasteiger partial charge in [-0.05, 0) is 36.8 Å². The second-order valence-electron chi connectivity index (χ2n) is 6.36. The van der Waals surface area contributed by atoms with Gasteiger partial charge in [0.25, 0.3) is 11.5 Å². The summed E-state index contributed by atoms with van der Waals surface area (Å²) in [5, 5.41) is 30.5. The molecule has 1 N–H and O–H groups in total. The highest BCUT2D eigenvalue weighted by atomic mass is 32.1. The average Bonchev–Trinajstić information content (AvgIpc) is 3.29. The predicted octanol–water partition coefficient (Wildman–Crippen LogP) is 2.78. The van der Waals surface area contributed by atoms with Gasteiger partial charge in [-0.2, -0.15) is 0 Å². The van der Waals surface area contributed by atoms with Gasteiger partial charge in [0.1, 0.15) is 10.8 Å². The van der Waals surface area contributed by atoms with Crippen molar-refractivity contribution in [1.82, 2.24) is 15.2 Å². The Labute approximate surface area is 173 Å². The normalized spacial score (nSPS) is 18.0. The Bertz CT molecular complexity index is 1190. The van der Waals surface area contributed by atoms with Crippen molar-refractivity contribution in [1.29, 1.82) is 0 Å². The number of amides is 1. The van der Waals surface area contributed by atoms with Crippen LogP contribution in [0.15, 0.2) is 54.4 Å².